The number of phenolic OH excluding ortho intramolecular Hbond substituents is 1. The van der Waals surface area contributed by atoms with Gasteiger partial charge in [0.15, 0.2) is 0 Å². The molecule has 6 heteroatoms. The molecule has 0 aliphatic heterocycles. The zero-order valence-corrected chi connectivity index (χ0v) is 8.30. The molecule has 0 aliphatic rings. The van der Waals surface area contributed by atoms with Crippen LogP contribution in [0.2, 0.25) is 0 Å². The van der Waals surface area contributed by atoms with E-state index in [4.69, 9.17) is 5.11 Å². The number of aliphatic hydroxyl groups is 1. The first-order chi connectivity index (χ1) is 7.65. The van der Waals surface area contributed by atoms with Gasteiger partial charge in [-0.2, -0.15) is 0 Å². The maximum absolute atomic E-state index is 11.8. The third-order valence-electron chi connectivity index (χ3n) is 2.31. The molecule has 16 heavy (non-hydrogen) atoms. The molecule has 0 aliphatic carbocycles. The van der Waals surface area contributed by atoms with Gasteiger partial charge in [-0.1, -0.05) is 6.07 Å². The molecule has 1 heterocycles. The van der Waals surface area contributed by atoms with Crippen molar-refractivity contribution in [2.24, 2.45) is 0 Å². The fourth-order valence-electron chi connectivity index (χ4n) is 1.58. The second-order valence-corrected chi connectivity index (χ2v) is 3.31. The lowest BCUT2D eigenvalue weighted by Gasteiger charge is -2.05. The molecule has 3 N–H and O–H groups in total. The minimum absolute atomic E-state index is 0.0514. The summed E-state index contributed by atoms with van der Waals surface area (Å²) in [5.74, 6) is -0.189. The molecule has 1 aromatic carbocycles. The third-order valence-corrected chi connectivity index (χ3v) is 2.31. The number of fused-ring (bicyclic) bond motifs is 1. The minimum Gasteiger partial charge on any atom is -0.507 e. The van der Waals surface area contributed by atoms with E-state index in [1.807, 2.05) is 0 Å². The second kappa shape index (κ2) is 3.82. The molecule has 6 nitrogen and oxygen atoms in total. The van der Waals surface area contributed by atoms with Crippen molar-refractivity contribution in [3.05, 3.63) is 39.0 Å². The van der Waals surface area contributed by atoms with Gasteiger partial charge in [0.2, 0.25) is 0 Å². The summed E-state index contributed by atoms with van der Waals surface area (Å²) < 4.78 is 0.849. The fraction of sp³-hybridized carbons (Fsp3) is 0.200. The molecule has 0 bridgehead atoms. The van der Waals surface area contributed by atoms with Gasteiger partial charge in [0.1, 0.15) is 11.1 Å². The Bertz CT molecular complexity index is 641. The quantitative estimate of drug-likeness (QED) is 0.631. The van der Waals surface area contributed by atoms with Crippen molar-refractivity contribution in [1.82, 2.24) is 9.55 Å². The summed E-state index contributed by atoms with van der Waals surface area (Å²) in [6, 6.07) is 4.43. The van der Waals surface area contributed by atoms with Crippen LogP contribution in [0.15, 0.2) is 27.8 Å². The van der Waals surface area contributed by atoms with Crippen molar-refractivity contribution in [3.8, 4) is 5.75 Å². The maximum atomic E-state index is 11.8. The number of hydrogen-bond acceptors (Lipinski definition) is 4. The molecule has 0 saturated heterocycles. The maximum Gasteiger partial charge on any atom is 0.328 e. The van der Waals surface area contributed by atoms with Crippen molar-refractivity contribution in [2.45, 2.75) is 6.54 Å². The number of nitrogens with zero attached hydrogens (tertiary/aromatic N) is 1. The van der Waals surface area contributed by atoms with Gasteiger partial charge in [-0.3, -0.25) is 9.36 Å². The Morgan fingerprint density at radius 2 is 2.06 bits per heavy atom. The molecule has 0 saturated carbocycles. The zero-order valence-electron chi connectivity index (χ0n) is 8.30. The summed E-state index contributed by atoms with van der Waals surface area (Å²) in [5, 5.41) is 18.3. The molecule has 0 fully saturated rings. The SMILES string of the molecule is O=c1[nH]c2cccc(O)c2c(=O)n1CCO. The third kappa shape index (κ3) is 1.49. The van der Waals surface area contributed by atoms with Gasteiger partial charge in [0.05, 0.1) is 18.7 Å². The van der Waals surface area contributed by atoms with Gasteiger partial charge >= 0.3 is 5.69 Å². The molecule has 0 unspecified atom stereocenters. The van der Waals surface area contributed by atoms with Gasteiger partial charge in [-0.05, 0) is 12.1 Å². The largest absolute Gasteiger partial charge is 0.507 e. The van der Waals surface area contributed by atoms with Crippen LogP contribution in [0.1, 0.15) is 0 Å². The van der Waals surface area contributed by atoms with E-state index >= 15 is 0 Å². The Morgan fingerprint density at radius 1 is 1.31 bits per heavy atom. The smallest absolute Gasteiger partial charge is 0.328 e. The molecule has 1 aromatic heterocycles. The van der Waals surface area contributed by atoms with Crippen LogP contribution in [-0.2, 0) is 6.54 Å². The average molecular weight is 222 g/mol. The lowest BCUT2D eigenvalue weighted by Crippen LogP contribution is -2.35. The predicted molar refractivity (Wildman–Crippen MR) is 57.6 cm³/mol. The second-order valence-electron chi connectivity index (χ2n) is 3.31. The number of aromatic amines is 1. The number of phenols is 1. The highest BCUT2D eigenvalue weighted by Crippen LogP contribution is 2.17. The van der Waals surface area contributed by atoms with E-state index < -0.39 is 11.2 Å². The van der Waals surface area contributed by atoms with E-state index in [-0.39, 0.29) is 29.8 Å². The van der Waals surface area contributed by atoms with Crippen LogP contribution in [0.4, 0.5) is 0 Å². The number of benzene rings is 1. The van der Waals surface area contributed by atoms with E-state index in [2.05, 4.69) is 4.98 Å². The van der Waals surface area contributed by atoms with E-state index in [1.54, 1.807) is 0 Å². The summed E-state index contributed by atoms with van der Waals surface area (Å²) in [6.07, 6.45) is 0. The highest BCUT2D eigenvalue weighted by molar-refractivity contribution is 5.83. The lowest BCUT2D eigenvalue weighted by atomic mass is 10.2. The number of hydrogen-bond donors (Lipinski definition) is 3. The molecule has 0 radical (unpaired) electrons. The fourth-order valence-corrected chi connectivity index (χ4v) is 1.58. The highest BCUT2D eigenvalue weighted by Gasteiger charge is 2.09. The van der Waals surface area contributed by atoms with Crippen LogP contribution in [0.3, 0.4) is 0 Å². The minimum atomic E-state index is -0.606. The zero-order chi connectivity index (χ0) is 11.7. The monoisotopic (exact) mass is 222 g/mol. The van der Waals surface area contributed by atoms with Crippen molar-refractivity contribution in [3.63, 3.8) is 0 Å². The summed E-state index contributed by atoms with van der Waals surface area (Å²) in [6.45, 7) is -0.416. The number of aromatic nitrogens is 2. The van der Waals surface area contributed by atoms with E-state index in [9.17, 15) is 14.7 Å². The molecule has 2 aromatic rings. The topological polar surface area (TPSA) is 95.3 Å². The van der Waals surface area contributed by atoms with Crippen LogP contribution in [0.5, 0.6) is 5.75 Å². The lowest BCUT2D eigenvalue weighted by molar-refractivity contribution is 0.272. The standard InChI is InChI=1S/C10H10N2O4/c13-5-4-12-9(15)8-6(11-10(12)16)2-1-3-7(8)14/h1-3,13-14H,4-5H2,(H,11,16). The van der Waals surface area contributed by atoms with Crippen LogP contribution in [-0.4, -0.2) is 26.4 Å². The first-order valence-corrected chi connectivity index (χ1v) is 4.71. The van der Waals surface area contributed by atoms with Crippen LogP contribution >= 0.6 is 0 Å². The normalized spacial score (nSPS) is 10.8. The number of aromatic hydroxyl groups is 1. The van der Waals surface area contributed by atoms with Gasteiger partial charge in [-0.25, -0.2) is 4.79 Å². The van der Waals surface area contributed by atoms with Gasteiger partial charge in [0.25, 0.3) is 5.56 Å². The number of aliphatic hydroxyl groups excluding tert-OH is 1. The summed E-state index contributed by atoms with van der Waals surface area (Å²) >= 11 is 0. The summed E-state index contributed by atoms with van der Waals surface area (Å²) in [7, 11) is 0. The summed E-state index contributed by atoms with van der Waals surface area (Å²) in [5.41, 5.74) is -0.924. The number of rotatable bonds is 2. The predicted octanol–water partition coefficient (Wildman–Crippen LogP) is -0.612. The molecule has 2 rings (SSSR count). The molecular formula is C10H10N2O4. The Morgan fingerprint density at radius 3 is 2.75 bits per heavy atom. The van der Waals surface area contributed by atoms with Crippen molar-refractivity contribution >= 4 is 10.9 Å². The van der Waals surface area contributed by atoms with E-state index in [0.717, 1.165) is 4.57 Å². The van der Waals surface area contributed by atoms with Crippen LogP contribution in [0.25, 0.3) is 10.9 Å². The van der Waals surface area contributed by atoms with Crippen molar-refractivity contribution in [1.29, 1.82) is 0 Å². The number of nitrogens with one attached hydrogen (secondary N) is 1. The Balaban J connectivity index is 2.92. The van der Waals surface area contributed by atoms with Crippen LogP contribution in [0, 0.1) is 0 Å². The Hall–Kier alpha value is -2.08. The number of H-pyrrole nitrogens is 1. The highest BCUT2D eigenvalue weighted by atomic mass is 16.3. The van der Waals surface area contributed by atoms with Crippen LogP contribution < -0.4 is 11.2 Å². The van der Waals surface area contributed by atoms with Crippen molar-refractivity contribution < 1.29 is 10.2 Å². The molecule has 0 amide bonds. The van der Waals surface area contributed by atoms with Gasteiger partial charge in [0, 0.05) is 0 Å². The van der Waals surface area contributed by atoms with E-state index in [0.29, 0.717) is 0 Å². The van der Waals surface area contributed by atoms with Gasteiger partial charge in [-0.15, -0.1) is 0 Å². The first-order valence-electron chi connectivity index (χ1n) is 4.71. The molecule has 0 spiro atoms. The van der Waals surface area contributed by atoms with Gasteiger partial charge < -0.3 is 15.2 Å². The Labute approximate surface area is 89.4 Å². The molecule has 84 valence electrons. The molecular weight excluding hydrogens is 212 g/mol. The summed E-state index contributed by atoms with van der Waals surface area (Å²) in [4.78, 5) is 25.8. The first kappa shape index (κ1) is 10.4. The van der Waals surface area contributed by atoms with Crippen molar-refractivity contribution in [2.75, 3.05) is 6.61 Å². The molecule has 0 atom stereocenters. The van der Waals surface area contributed by atoms with E-state index in [1.165, 1.54) is 18.2 Å². The average Bonchev–Trinajstić information content (AvgIpc) is 2.24. The Kier molecular flexibility index (Phi) is 2.49.